The zero-order valence-electron chi connectivity index (χ0n) is 9.37. The minimum Gasteiger partial charge on any atom is -0.328 e. The van der Waals surface area contributed by atoms with Gasteiger partial charge in [-0.25, -0.2) is 9.97 Å². The molecule has 1 aromatic heterocycles. The average molecular weight is 205 g/mol. The number of aromatic nitrogens is 2. The van der Waals surface area contributed by atoms with Crippen LogP contribution in [0, 0.1) is 0 Å². The first-order chi connectivity index (χ1) is 7.25. The Balaban J connectivity index is 2.20. The van der Waals surface area contributed by atoms with E-state index >= 15 is 0 Å². The van der Waals surface area contributed by atoms with Crippen molar-refractivity contribution in [2.45, 2.75) is 51.5 Å². The SMILES string of the molecule is CC(N)Cc1ncc2c(n1)CCCCC2. The fraction of sp³-hybridized carbons (Fsp3) is 0.667. The molecule has 0 fully saturated rings. The van der Waals surface area contributed by atoms with E-state index in [0.717, 1.165) is 25.1 Å². The summed E-state index contributed by atoms with van der Waals surface area (Å²) >= 11 is 0. The number of hydrogen-bond donors (Lipinski definition) is 1. The van der Waals surface area contributed by atoms with Gasteiger partial charge in [0.15, 0.2) is 0 Å². The van der Waals surface area contributed by atoms with Gasteiger partial charge in [-0.1, -0.05) is 6.42 Å². The molecule has 0 amide bonds. The highest BCUT2D eigenvalue weighted by Gasteiger charge is 2.11. The van der Waals surface area contributed by atoms with Crippen molar-refractivity contribution in [2.24, 2.45) is 5.73 Å². The van der Waals surface area contributed by atoms with Gasteiger partial charge < -0.3 is 5.73 Å². The molecule has 2 rings (SSSR count). The quantitative estimate of drug-likeness (QED) is 0.747. The van der Waals surface area contributed by atoms with Crippen molar-refractivity contribution in [1.29, 1.82) is 0 Å². The third kappa shape index (κ3) is 2.75. The Hall–Kier alpha value is -0.960. The first-order valence-electron chi connectivity index (χ1n) is 5.85. The molecule has 2 N–H and O–H groups in total. The molecule has 1 aliphatic carbocycles. The number of nitrogens with two attached hydrogens (primary N) is 1. The average Bonchev–Trinajstić information content (AvgIpc) is 2.41. The molecular formula is C12H19N3. The third-order valence-corrected chi connectivity index (χ3v) is 2.87. The summed E-state index contributed by atoms with van der Waals surface area (Å²) < 4.78 is 0. The second-order valence-corrected chi connectivity index (χ2v) is 4.50. The largest absolute Gasteiger partial charge is 0.328 e. The molecule has 3 heteroatoms. The van der Waals surface area contributed by atoms with E-state index in [0.29, 0.717) is 0 Å². The normalized spacial score (nSPS) is 18.0. The van der Waals surface area contributed by atoms with Crippen molar-refractivity contribution < 1.29 is 0 Å². The molecule has 82 valence electrons. The first-order valence-corrected chi connectivity index (χ1v) is 5.85. The topological polar surface area (TPSA) is 51.8 Å². The van der Waals surface area contributed by atoms with Gasteiger partial charge in [0, 0.05) is 24.4 Å². The third-order valence-electron chi connectivity index (χ3n) is 2.87. The van der Waals surface area contributed by atoms with Crippen LogP contribution in [0.15, 0.2) is 6.20 Å². The number of hydrogen-bond acceptors (Lipinski definition) is 3. The molecule has 15 heavy (non-hydrogen) atoms. The van der Waals surface area contributed by atoms with E-state index in [1.54, 1.807) is 0 Å². The van der Waals surface area contributed by atoms with Crippen LogP contribution in [0.2, 0.25) is 0 Å². The van der Waals surface area contributed by atoms with Gasteiger partial charge in [0.05, 0.1) is 0 Å². The Morgan fingerprint density at radius 3 is 2.93 bits per heavy atom. The molecular weight excluding hydrogens is 186 g/mol. The van der Waals surface area contributed by atoms with Crippen LogP contribution in [-0.4, -0.2) is 16.0 Å². The van der Waals surface area contributed by atoms with Crippen molar-refractivity contribution >= 4 is 0 Å². The first kappa shape index (κ1) is 10.6. The monoisotopic (exact) mass is 205 g/mol. The van der Waals surface area contributed by atoms with E-state index in [-0.39, 0.29) is 6.04 Å². The zero-order valence-corrected chi connectivity index (χ0v) is 9.37. The van der Waals surface area contributed by atoms with Crippen LogP contribution in [0.3, 0.4) is 0 Å². The van der Waals surface area contributed by atoms with Gasteiger partial charge >= 0.3 is 0 Å². The minimum absolute atomic E-state index is 0.147. The summed E-state index contributed by atoms with van der Waals surface area (Å²) in [4.78, 5) is 9.01. The van der Waals surface area contributed by atoms with Crippen molar-refractivity contribution in [3.8, 4) is 0 Å². The van der Waals surface area contributed by atoms with Crippen LogP contribution in [-0.2, 0) is 19.3 Å². The summed E-state index contributed by atoms with van der Waals surface area (Å²) in [6.45, 7) is 2.00. The van der Waals surface area contributed by atoms with Crippen molar-refractivity contribution in [3.63, 3.8) is 0 Å². The Morgan fingerprint density at radius 1 is 1.33 bits per heavy atom. The van der Waals surface area contributed by atoms with Gasteiger partial charge in [-0.15, -0.1) is 0 Å². The number of fused-ring (bicyclic) bond motifs is 1. The Morgan fingerprint density at radius 2 is 2.13 bits per heavy atom. The van der Waals surface area contributed by atoms with E-state index < -0.39 is 0 Å². The lowest BCUT2D eigenvalue weighted by molar-refractivity contribution is 0.688. The van der Waals surface area contributed by atoms with Crippen molar-refractivity contribution in [1.82, 2.24) is 9.97 Å². The summed E-state index contributed by atoms with van der Waals surface area (Å²) in [6, 6.07) is 0.147. The summed E-state index contributed by atoms with van der Waals surface area (Å²) in [5.74, 6) is 0.908. The molecule has 0 bridgehead atoms. The second kappa shape index (κ2) is 4.71. The molecule has 1 aliphatic rings. The predicted molar refractivity (Wildman–Crippen MR) is 60.6 cm³/mol. The Kier molecular flexibility index (Phi) is 3.31. The predicted octanol–water partition coefficient (Wildman–Crippen LogP) is 1.64. The number of rotatable bonds is 2. The summed E-state index contributed by atoms with van der Waals surface area (Å²) in [5, 5.41) is 0. The molecule has 3 nitrogen and oxygen atoms in total. The standard InChI is InChI=1S/C12H19N3/c1-9(13)7-12-14-8-10-5-3-2-4-6-11(10)15-12/h8-9H,2-7,13H2,1H3. The van der Waals surface area contributed by atoms with Gasteiger partial charge in [-0.05, 0) is 38.2 Å². The minimum atomic E-state index is 0.147. The fourth-order valence-corrected chi connectivity index (χ4v) is 2.08. The molecule has 1 aromatic rings. The van der Waals surface area contributed by atoms with Gasteiger partial charge in [-0.3, -0.25) is 0 Å². The molecule has 0 saturated carbocycles. The fourth-order valence-electron chi connectivity index (χ4n) is 2.08. The highest BCUT2D eigenvalue weighted by molar-refractivity contribution is 5.19. The molecule has 0 aliphatic heterocycles. The van der Waals surface area contributed by atoms with Crippen LogP contribution in [0.4, 0.5) is 0 Å². The van der Waals surface area contributed by atoms with E-state index in [1.165, 1.54) is 30.5 Å². The molecule has 0 radical (unpaired) electrons. The molecule has 0 aromatic carbocycles. The zero-order chi connectivity index (χ0) is 10.7. The highest BCUT2D eigenvalue weighted by atomic mass is 14.9. The van der Waals surface area contributed by atoms with Gasteiger partial charge in [0.1, 0.15) is 5.82 Å². The number of nitrogens with zero attached hydrogens (tertiary/aromatic N) is 2. The molecule has 1 atom stereocenters. The van der Waals surface area contributed by atoms with Gasteiger partial charge in [-0.2, -0.15) is 0 Å². The summed E-state index contributed by atoms with van der Waals surface area (Å²) in [6.07, 6.45) is 8.92. The lowest BCUT2D eigenvalue weighted by Gasteiger charge is -2.08. The van der Waals surface area contributed by atoms with Crippen molar-refractivity contribution in [2.75, 3.05) is 0 Å². The Bertz CT molecular complexity index is 334. The Labute approximate surface area is 91.1 Å². The van der Waals surface area contributed by atoms with Crippen LogP contribution < -0.4 is 5.73 Å². The highest BCUT2D eigenvalue weighted by Crippen LogP contribution is 2.18. The molecule has 0 saturated heterocycles. The summed E-state index contributed by atoms with van der Waals surface area (Å²) in [5.41, 5.74) is 8.36. The van der Waals surface area contributed by atoms with Crippen LogP contribution in [0.25, 0.3) is 0 Å². The molecule has 1 unspecified atom stereocenters. The van der Waals surface area contributed by atoms with Gasteiger partial charge in [0.25, 0.3) is 0 Å². The smallest absolute Gasteiger partial charge is 0.130 e. The summed E-state index contributed by atoms with van der Waals surface area (Å²) in [7, 11) is 0. The lowest BCUT2D eigenvalue weighted by atomic mass is 10.1. The molecule has 1 heterocycles. The maximum Gasteiger partial charge on any atom is 0.130 e. The molecule has 0 spiro atoms. The van der Waals surface area contributed by atoms with Crippen molar-refractivity contribution in [3.05, 3.63) is 23.3 Å². The maximum absolute atomic E-state index is 5.75. The maximum atomic E-state index is 5.75. The van der Waals surface area contributed by atoms with Crippen LogP contribution in [0.5, 0.6) is 0 Å². The van der Waals surface area contributed by atoms with E-state index in [4.69, 9.17) is 5.73 Å². The van der Waals surface area contributed by atoms with Crippen LogP contribution in [0.1, 0.15) is 43.3 Å². The second-order valence-electron chi connectivity index (χ2n) is 4.50. The van der Waals surface area contributed by atoms with E-state index in [1.807, 2.05) is 13.1 Å². The lowest BCUT2D eigenvalue weighted by Crippen LogP contribution is -2.20. The van der Waals surface area contributed by atoms with E-state index in [9.17, 15) is 0 Å². The van der Waals surface area contributed by atoms with E-state index in [2.05, 4.69) is 9.97 Å². The van der Waals surface area contributed by atoms with Gasteiger partial charge in [0.2, 0.25) is 0 Å². The number of aryl methyl sites for hydroxylation is 2. The van der Waals surface area contributed by atoms with Crippen LogP contribution >= 0.6 is 0 Å².